The smallest absolute Gasteiger partial charge is 0.200 e. The fraction of sp³-hybridized carbons (Fsp3) is 0.538. The number of rotatable bonds is 23. The molecule has 2 aliphatic heterocycles. The molecule has 0 amide bonds. The highest BCUT2D eigenvalue weighted by Crippen LogP contribution is 2.49. The second-order valence-corrected chi connectivity index (χ2v) is 24.8. The highest BCUT2D eigenvalue weighted by atomic mass is 32.2. The number of aliphatic hydroxyl groups excluding tert-OH is 1. The Morgan fingerprint density at radius 3 is 1.82 bits per heavy atom. The number of benzene rings is 4. The first-order valence-corrected chi connectivity index (χ1v) is 25.9. The summed E-state index contributed by atoms with van der Waals surface area (Å²) in [6.45, 7) is 18.4. The molecule has 2 fully saturated rings. The van der Waals surface area contributed by atoms with Crippen molar-refractivity contribution >= 4 is 20.1 Å². The Bertz CT molecular complexity index is 1820. The zero-order chi connectivity index (χ0) is 44.0. The molecule has 1 N–H and O–H groups in total. The standard InChI is InChI=1S/C52H72O8SSi/c1-38(2)62(39(3)4,40(5)6)60-50-31-46(56-35-42-23-14-9-15-24-42)48(37-54-34-41-21-12-8-13-22-41)59-52(50,7)49(57-36-43-25-16-10-17-26-43)32-51(61-44-27-18-11-19-28-44)58-45-29-20-30-55-47(45)33-53/h8-19,21-28,38-40,45-51,53H,20,29-37H2,1-7H3/t45-,46-,47+,48+,49+,50+,51-,52-/m0/s1. The van der Waals surface area contributed by atoms with Crippen LogP contribution in [-0.4, -0.2) is 80.9 Å². The summed E-state index contributed by atoms with van der Waals surface area (Å²) in [5.41, 5.74) is 3.00. The summed E-state index contributed by atoms with van der Waals surface area (Å²) in [6.07, 6.45) is 0.507. The van der Waals surface area contributed by atoms with E-state index in [9.17, 15) is 5.11 Å². The molecule has 2 saturated heterocycles. The Kier molecular flexibility index (Phi) is 18.7. The Balaban J connectivity index is 1.42. The van der Waals surface area contributed by atoms with Gasteiger partial charge in [0.2, 0.25) is 8.32 Å². The molecule has 62 heavy (non-hydrogen) atoms. The van der Waals surface area contributed by atoms with Crippen molar-refractivity contribution in [2.75, 3.05) is 19.8 Å². The minimum atomic E-state index is -2.50. The largest absolute Gasteiger partial charge is 0.410 e. The third-order valence-electron chi connectivity index (χ3n) is 12.9. The number of ether oxygens (including phenoxy) is 6. The summed E-state index contributed by atoms with van der Waals surface area (Å²) in [4.78, 5) is 1.09. The number of hydrogen-bond acceptors (Lipinski definition) is 9. The Labute approximate surface area is 377 Å². The van der Waals surface area contributed by atoms with Gasteiger partial charge in [0.1, 0.15) is 23.2 Å². The molecule has 0 radical (unpaired) electrons. The van der Waals surface area contributed by atoms with Gasteiger partial charge in [0.15, 0.2) is 0 Å². The van der Waals surface area contributed by atoms with Gasteiger partial charge in [-0.1, -0.05) is 162 Å². The van der Waals surface area contributed by atoms with Gasteiger partial charge < -0.3 is 38.0 Å². The molecule has 0 bridgehead atoms. The Morgan fingerprint density at radius 1 is 0.710 bits per heavy atom. The van der Waals surface area contributed by atoms with E-state index in [4.69, 9.17) is 32.8 Å². The van der Waals surface area contributed by atoms with Crippen molar-refractivity contribution in [2.24, 2.45) is 0 Å². The predicted octanol–water partition coefficient (Wildman–Crippen LogP) is 11.5. The SMILES string of the molecule is CC(C)[Si](O[C@@H]1C[C@H](OCc2ccccc2)[C@@H](COCc2ccccc2)O[C@@]1(C)[C@@H](C[C@@H](O[C@H]1CCCO[C@@H]1CO)Sc1ccccc1)OCc1ccccc1)(C(C)C)C(C)C. The van der Waals surface area contributed by atoms with Crippen LogP contribution >= 0.6 is 11.8 Å². The van der Waals surface area contributed by atoms with Crippen molar-refractivity contribution in [1.82, 2.24) is 0 Å². The quantitative estimate of drug-likeness (QED) is 0.0445. The van der Waals surface area contributed by atoms with Gasteiger partial charge >= 0.3 is 0 Å². The molecule has 0 unspecified atom stereocenters. The Hall–Kier alpha value is -2.87. The maximum absolute atomic E-state index is 10.4. The van der Waals surface area contributed by atoms with Gasteiger partial charge in [-0.2, -0.15) is 0 Å². The molecule has 4 aromatic carbocycles. The molecule has 2 heterocycles. The van der Waals surface area contributed by atoms with E-state index in [1.165, 1.54) is 0 Å². The molecule has 6 rings (SSSR count). The van der Waals surface area contributed by atoms with Crippen LogP contribution in [0.1, 0.15) is 90.8 Å². The topological polar surface area (TPSA) is 84.8 Å². The van der Waals surface area contributed by atoms with Crippen LogP contribution in [0.15, 0.2) is 126 Å². The van der Waals surface area contributed by atoms with Crippen LogP contribution in [-0.2, 0) is 52.7 Å². The number of thioether (sulfide) groups is 1. The van der Waals surface area contributed by atoms with Crippen LogP contribution < -0.4 is 0 Å². The maximum Gasteiger partial charge on any atom is 0.200 e. The van der Waals surface area contributed by atoms with Crippen molar-refractivity contribution in [2.45, 2.75) is 163 Å². The van der Waals surface area contributed by atoms with Crippen molar-refractivity contribution in [3.05, 3.63) is 138 Å². The number of hydrogen-bond donors (Lipinski definition) is 1. The molecule has 0 aliphatic carbocycles. The van der Waals surface area contributed by atoms with Crippen molar-refractivity contribution in [1.29, 1.82) is 0 Å². The normalized spacial score (nSPS) is 24.4. The van der Waals surface area contributed by atoms with Gasteiger partial charge in [-0.25, -0.2) is 0 Å². The average Bonchev–Trinajstić information content (AvgIpc) is 3.28. The zero-order valence-corrected chi connectivity index (χ0v) is 39.9. The first-order chi connectivity index (χ1) is 30.0. The molecular weight excluding hydrogens is 813 g/mol. The van der Waals surface area contributed by atoms with Crippen molar-refractivity contribution < 1.29 is 38.0 Å². The maximum atomic E-state index is 10.4. The molecular formula is C52H72O8SSi. The van der Waals surface area contributed by atoms with Gasteiger partial charge in [0, 0.05) is 24.3 Å². The highest BCUT2D eigenvalue weighted by Gasteiger charge is 2.57. The van der Waals surface area contributed by atoms with Crippen LogP contribution in [0.4, 0.5) is 0 Å². The Morgan fingerprint density at radius 2 is 1.26 bits per heavy atom. The monoisotopic (exact) mass is 884 g/mol. The second-order valence-electron chi connectivity index (χ2n) is 18.1. The van der Waals surface area contributed by atoms with E-state index in [1.807, 2.05) is 36.4 Å². The van der Waals surface area contributed by atoms with Gasteiger partial charge in [0.05, 0.1) is 57.5 Å². The molecule has 0 aromatic heterocycles. The molecule has 338 valence electrons. The van der Waals surface area contributed by atoms with E-state index in [1.54, 1.807) is 11.8 Å². The summed E-state index contributed by atoms with van der Waals surface area (Å²) < 4.78 is 49.4. The lowest BCUT2D eigenvalue weighted by molar-refractivity contribution is -0.277. The molecule has 10 heteroatoms. The van der Waals surface area contributed by atoms with E-state index < -0.39 is 32.2 Å². The summed E-state index contributed by atoms with van der Waals surface area (Å²) >= 11 is 1.68. The summed E-state index contributed by atoms with van der Waals surface area (Å²) in [5.74, 6) is 0. The lowest BCUT2D eigenvalue weighted by atomic mass is 9.82. The zero-order valence-electron chi connectivity index (χ0n) is 38.1. The van der Waals surface area contributed by atoms with Crippen LogP contribution in [0, 0.1) is 0 Å². The van der Waals surface area contributed by atoms with Gasteiger partial charge in [0.25, 0.3) is 0 Å². The fourth-order valence-electron chi connectivity index (χ4n) is 9.67. The number of aliphatic hydroxyl groups is 1. The third kappa shape index (κ3) is 12.9. The lowest BCUT2D eigenvalue weighted by Crippen LogP contribution is -2.66. The summed E-state index contributed by atoms with van der Waals surface area (Å²) in [5, 5.41) is 10.4. The molecule has 2 aliphatic rings. The molecule has 8 atom stereocenters. The van der Waals surface area contributed by atoms with Crippen molar-refractivity contribution in [3.8, 4) is 0 Å². The molecule has 0 saturated carbocycles. The second kappa shape index (κ2) is 23.9. The van der Waals surface area contributed by atoms with Crippen molar-refractivity contribution in [3.63, 3.8) is 0 Å². The first-order valence-electron chi connectivity index (χ1n) is 22.9. The van der Waals surface area contributed by atoms with Gasteiger partial charge in [-0.15, -0.1) is 0 Å². The van der Waals surface area contributed by atoms with E-state index >= 15 is 0 Å². The van der Waals surface area contributed by atoms with Crippen LogP contribution in [0.5, 0.6) is 0 Å². The van der Waals surface area contributed by atoms with E-state index in [0.29, 0.717) is 62.5 Å². The lowest BCUT2D eigenvalue weighted by Gasteiger charge is -2.55. The van der Waals surface area contributed by atoms with Gasteiger partial charge in [-0.05, 0) is 65.2 Å². The van der Waals surface area contributed by atoms with E-state index in [2.05, 4.69) is 133 Å². The van der Waals surface area contributed by atoms with E-state index in [0.717, 1.165) is 34.4 Å². The highest BCUT2D eigenvalue weighted by molar-refractivity contribution is 7.99. The van der Waals surface area contributed by atoms with Gasteiger partial charge in [-0.3, -0.25) is 0 Å². The minimum absolute atomic E-state index is 0.0978. The van der Waals surface area contributed by atoms with Crippen LogP contribution in [0.25, 0.3) is 0 Å². The van der Waals surface area contributed by atoms with Crippen LogP contribution in [0.3, 0.4) is 0 Å². The average molecular weight is 885 g/mol. The minimum Gasteiger partial charge on any atom is -0.410 e. The molecule has 4 aromatic rings. The molecule has 8 nitrogen and oxygen atoms in total. The first kappa shape index (κ1) is 48.6. The summed E-state index contributed by atoms with van der Waals surface area (Å²) in [6, 6.07) is 41.4. The predicted molar refractivity (Wildman–Crippen MR) is 252 cm³/mol. The van der Waals surface area contributed by atoms with Crippen LogP contribution in [0.2, 0.25) is 16.6 Å². The third-order valence-corrected chi connectivity index (χ3v) is 20.1. The summed E-state index contributed by atoms with van der Waals surface area (Å²) in [7, 11) is -2.50. The fourth-order valence-corrected chi connectivity index (χ4v) is 16.4. The molecule has 0 spiro atoms. The van der Waals surface area contributed by atoms with E-state index in [-0.39, 0.29) is 30.4 Å².